The maximum absolute atomic E-state index is 12.0. The number of aromatic nitrogens is 3. The molecule has 2 aromatic heterocycles. The van der Waals surface area contributed by atoms with Crippen LogP contribution in [-0.4, -0.2) is 45.6 Å². The summed E-state index contributed by atoms with van der Waals surface area (Å²) in [6, 6.07) is 3.77. The van der Waals surface area contributed by atoms with Gasteiger partial charge in [0.05, 0.1) is 6.54 Å². The summed E-state index contributed by atoms with van der Waals surface area (Å²) in [4.78, 5) is 28.8. The lowest BCUT2D eigenvalue weighted by molar-refractivity contribution is -0.117. The smallest absolute Gasteiger partial charge is 0.239 e. The van der Waals surface area contributed by atoms with E-state index < -0.39 is 0 Å². The Kier molecular flexibility index (Phi) is 5.15. The number of hydrogen-bond donors (Lipinski definition) is 2. The van der Waals surface area contributed by atoms with Crippen LogP contribution in [0.1, 0.15) is 12.5 Å². The Morgan fingerprint density at radius 3 is 2.64 bits per heavy atom. The number of amides is 2. The first kappa shape index (κ1) is 15.6. The lowest BCUT2D eigenvalue weighted by Crippen LogP contribution is -2.30. The third kappa shape index (κ3) is 4.63. The van der Waals surface area contributed by atoms with Crippen molar-refractivity contribution in [2.45, 2.75) is 13.5 Å². The SMILES string of the molecule is CC(=O)Nc1nonc1NC(=O)CN(C)Cc1cccnc1. The van der Waals surface area contributed by atoms with Gasteiger partial charge in [0, 0.05) is 25.9 Å². The molecule has 0 fully saturated rings. The Bertz CT molecular complexity index is 642. The highest BCUT2D eigenvalue weighted by molar-refractivity contribution is 5.96. The van der Waals surface area contributed by atoms with Gasteiger partial charge in [-0.05, 0) is 29.0 Å². The van der Waals surface area contributed by atoms with Gasteiger partial charge in [-0.25, -0.2) is 4.63 Å². The normalized spacial score (nSPS) is 10.5. The second kappa shape index (κ2) is 7.27. The van der Waals surface area contributed by atoms with Gasteiger partial charge in [-0.3, -0.25) is 19.5 Å². The van der Waals surface area contributed by atoms with Crippen LogP contribution in [0.25, 0.3) is 0 Å². The number of nitrogens with one attached hydrogen (secondary N) is 2. The van der Waals surface area contributed by atoms with Crippen molar-refractivity contribution >= 4 is 23.5 Å². The topological polar surface area (TPSA) is 113 Å². The lowest BCUT2D eigenvalue weighted by atomic mass is 10.3. The van der Waals surface area contributed by atoms with E-state index in [-0.39, 0.29) is 30.0 Å². The van der Waals surface area contributed by atoms with Gasteiger partial charge >= 0.3 is 0 Å². The number of pyridine rings is 1. The number of likely N-dealkylation sites (N-methyl/N-ethyl adjacent to an activating group) is 1. The molecule has 0 aliphatic heterocycles. The zero-order chi connectivity index (χ0) is 15.9. The largest absolute Gasteiger partial charge is 0.305 e. The Morgan fingerprint density at radius 1 is 1.27 bits per heavy atom. The molecule has 0 aliphatic rings. The summed E-state index contributed by atoms with van der Waals surface area (Å²) in [5.41, 5.74) is 1.000. The first-order valence-electron chi connectivity index (χ1n) is 6.52. The highest BCUT2D eigenvalue weighted by Gasteiger charge is 2.15. The van der Waals surface area contributed by atoms with Gasteiger partial charge in [-0.15, -0.1) is 0 Å². The van der Waals surface area contributed by atoms with Crippen LogP contribution in [0.3, 0.4) is 0 Å². The van der Waals surface area contributed by atoms with E-state index in [0.717, 1.165) is 5.56 Å². The minimum Gasteiger partial charge on any atom is -0.305 e. The fourth-order valence-corrected chi connectivity index (χ4v) is 1.80. The maximum atomic E-state index is 12.0. The molecule has 0 aliphatic carbocycles. The molecule has 0 saturated carbocycles. The molecule has 22 heavy (non-hydrogen) atoms. The van der Waals surface area contributed by atoms with Crippen molar-refractivity contribution < 1.29 is 14.2 Å². The zero-order valence-electron chi connectivity index (χ0n) is 12.2. The molecule has 2 N–H and O–H groups in total. The first-order valence-corrected chi connectivity index (χ1v) is 6.52. The van der Waals surface area contributed by atoms with Crippen LogP contribution in [0.2, 0.25) is 0 Å². The zero-order valence-corrected chi connectivity index (χ0v) is 12.2. The Hall–Kier alpha value is -2.81. The molecular formula is C13H16N6O3. The van der Waals surface area contributed by atoms with Crippen LogP contribution in [0.15, 0.2) is 29.2 Å². The first-order chi connectivity index (χ1) is 10.5. The highest BCUT2D eigenvalue weighted by atomic mass is 16.6. The van der Waals surface area contributed by atoms with Crippen LogP contribution in [-0.2, 0) is 16.1 Å². The molecule has 0 spiro atoms. The van der Waals surface area contributed by atoms with Gasteiger partial charge in [-0.2, -0.15) is 0 Å². The monoisotopic (exact) mass is 304 g/mol. The molecule has 0 atom stereocenters. The lowest BCUT2D eigenvalue weighted by Gasteiger charge is -2.15. The average Bonchev–Trinajstić information content (AvgIpc) is 2.85. The summed E-state index contributed by atoms with van der Waals surface area (Å²) in [6.45, 7) is 2.04. The van der Waals surface area contributed by atoms with Gasteiger partial charge in [0.15, 0.2) is 0 Å². The van der Waals surface area contributed by atoms with Gasteiger partial charge in [0.25, 0.3) is 0 Å². The minimum absolute atomic E-state index is 0.0787. The number of nitrogens with zero attached hydrogens (tertiary/aromatic N) is 4. The molecule has 0 aromatic carbocycles. The fourth-order valence-electron chi connectivity index (χ4n) is 1.80. The minimum atomic E-state index is -0.333. The van der Waals surface area contributed by atoms with Gasteiger partial charge in [0.2, 0.25) is 23.5 Å². The van der Waals surface area contributed by atoms with Crippen molar-refractivity contribution in [2.24, 2.45) is 0 Å². The number of anilines is 2. The van der Waals surface area contributed by atoms with E-state index in [1.165, 1.54) is 6.92 Å². The number of rotatable bonds is 6. The molecule has 9 heteroatoms. The quantitative estimate of drug-likeness (QED) is 0.798. The van der Waals surface area contributed by atoms with E-state index in [4.69, 9.17) is 0 Å². The molecule has 116 valence electrons. The molecule has 0 unspecified atom stereocenters. The molecule has 0 radical (unpaired) electrons. The molecular weight excluding hydrogens is 288 g/mol. The summed E-state index contributed by atoms with van der Waals surface area (Å²) < 4.78 is 4.50. The second-order valence-corrected chi connectivity index (χ2v) is 4.72. The molecule has 2 aromatic rings. The molecule has 0 saturated heterocycles. The van der Waals surface area contributed by atoms with Crippen molar-refractivity contribution in [2.75, 3.05) is 24.2 Å². The molecule has 2 heterocycles. The van der Waals surface area contributed by atoms with E-state index in [0.29, 0.717) is 6.54 Å². The summed E-state index contributed by atoms with van der Waals surface area (Å²) in [5.74, 6) is -0.473. The van der Waals surface area contributed by atoms with Crippen molar-refractivity contribution in [3.63, 3.8) is 0 Å². The summed E-state index contributed by atoms with van der Waals surface area (Å²) in [7, 11) is 1.81. The van der Waals surface area contributed by atoms with Crippen LogP contribution in [0.5, 0.6) is 0 Å². The maximum Gasteiger partial charge on any atom is 0.239 e. The summed E-state index contributed by atoms with van der Waals surface area (Å²) >= 11 is 0. The predicted octanol–water partition coefficient (Wildman–Crippen LogP) is 0.493. The molecule has 9 nitrogen and oxygen atoms in total. The standard InChI is InChI=1S/C13H16N6O3/c1-9(20)15-12-13(18-22-17-12)16-11(21)8-19(2)7-10-4-3-5-14-6-10/h3-6H,7-8H2,1-2H3,(H,15,17,20)(H,16,18,21). The highest BCUT2D eigenvalue weighted by Crippen LogP contribution is 2.15. The fraction of sp³-hybridized carbons (Fsp3) is 0.308. The summed E-state index contributed by atoms with van der Waals surface area (Å²) in [5, 5.41) is 12.0. The van der Waals surface area contributed by atoms with Crippen molar-refractivity contribution in [1.29, 1.82) is 0 Å². The van der Waals surface area contributed by atoms with E-state index >= 15 is 0 Å². The predicted molar refractivity (Wildman–Crippen MR) is 77.8 cm³/mol. The molecule has 0 bridgehead atoms. The average molecular weight is 304 g/mol. The Morgan fingerprint density at radius 2 is 2.00 bits per heavy atom. The van der Waals surface area contributed by atoms with Crippen LogP contribution < -0.4 is 10.6 Å². The third-order valence-corrected chi connectivity index (χ3v) is 2.63. The summed E-state index contributed by atoms with van der Waals surface area (Å²) in [6.07, 6.45) is 3.43. The Balaban J connectivity index is 1.87. The van der Waals surface area contributed by atoms with Gasteiger partial charge in [-0.1, -0.05) is 6.07 Å². The number of carbonyl (C=O) groups is 2. The van der Waals surface area contributed by atoms with E-state index in [1.807, 2.05) is 24.1 Å². The number of hydrogen-bond acceptors (Lipinski definition) is 7. The van der Waals surface area contributed by atoms with Crippen molar-refractivity contribution in [1.82, 2.24) is 20.2 Å². The third-order valence-electron chi connectivity index (χ3n) is 2.63. The van der Waals surface area contributed by atoms with Crippen molar-refractivity contribution in [3.8, 4) is 0 Å². The van der Waals surface area contributed by atoms with Crippen LogP contribution in [0.4, 0.5) is 11.6 Å². The Labute approximate surface area is 126 Å². The van der Waals surface area contributed by atoms with Crippen molar-refractivity contribution in [3.05, 3.63) is 30.1 Å². The second-order valence-electron chi connectivity index (χ2n) is 4.72. The van der Waals surface area contributed by atoms with Crippen LogP contribution in [0, 0.1) is 0 Å². The molecule has 2 amide bonds. The molecule has 2 rings (SSSR count). The van der Waals surface area contributed by atoms with E-state index in [2.05, 4.69) is 30.6 Å². The number of carbonyl (C=O) groups excluding carboxylic acids is 2. The van der Waals surface area contributed by atoms with Gasteiger partial charge in [0.1, 0.15) is 0 Å². The van der Waals surface area contributed by atoms with E-state index in [9.17, 15) is 9.59 Å². The van der Waals surface area contributed by atoms with Gasteiger partial charge < -0.3 is 10.6 Å². The van der Waals surface area contributed by atoms with Crippen LogP contribution >= 0.6 is 0 Å². The van der Waals surface area contributed by atoms with E-state index in [1.54, 1.807) is 12.4 Å².